The van der Waals surface area contributed by atoms with E-state index in [2.05, 4.69) is 15.0 Å². The van der Waals surface area contributed by atoms with Crippen molar-refractivity contribution >= 4 is 23.1 Å². The molecule has 0 spiro atoms. The zero-order valence-corrected chi connectivity index (χ0v) is 10.3. The molecule has 1 aromatic carbocycles. The summed E-state index contributed by atoms with van der Waals surface area (Å²) in [6, 6.07) is 4.18. The molecule has 17 heavy (non-hydrogen) atoms. The SMILES string of the molecule is NNC(Cc1ccc(F)cc1Cl)c1cnns1. The average Bonchev–Trinajstić information content (AvgIpc) is 2.81. The van der Waals surface area contributed by atoms with Crippen molar-refractivity contribution in [3.05, 3.63) is 45.7 Å². The van der Waals surface area contributed by atoms with Crippen molar-refractivity contribution in [1.29, 1.82) is 0 Å². The Morgan fingerprint density at radius 2 is 2.35 bits per heavy atom. The van der Waals surface area contributed by atoms with Gasteiger partial charge in [-0.05, 0) is 35.6 Å². The molecule has 0 saturated carbocycles. The molecule has 0 aliphatic heterocycles. The third-order valence-electron chi connectivity index (χ3n) is 2.36. The van der Waals surface area contributed by atoms with E-state index in [1.807, 2.05) is 0 Å². The molecule has 1 aromatic heterocycles. The minimum atomic E-state index is -0.351. The summed E-state index contributed by atoms with van der Waals surface area (Å²) in [5, 5.41) is 4.14. The topological polar surface area (TPSA) is 63.8 Å². The van der Waals surface area contributed by atoms with E-state index in [0.29, 0.717) is 11.4 Å². The molecule has 1 atom stereocenters. The Balaban J connectivity index is 2.19. The van der Waals surface area contributed by atoms with Crippen LogP contribution in [0.15, 0.2) is 24.4 Å². The summed E-state index contributed by atoms with van der Waals surface area (Å²) in [6.45, 7) is 0. The highest BCUT2D eigenvalue weighted by atomic mass is 35.5. The second kappa shape index (κ2) is 5.50. The van der Waals surface area contributed by atoms with E-state index >= 15 is 0 Å². The average molecular weight is 273 g/mol. The van der Waals surface area contributed by atoms with Gasteiger partial charge >= 0.3 is 0 Å². The lowest BCUT2D eigenvalue weighted by molar-refractivity contribution is 0.558. The van der Waals surface area contributed by atoms with Crippen molar-refractivity contribution in [3.8, 4) is 0 Å². The molecule has 4 nitrogen and oxygen atoms in total. The second-order valence-electron chi connectivity index (χ2n) is 3.48. The Hall–Kier alpha value is -1.08. The summed E-state index contributed by atoms with van der Waals surface area (Å²) in [5.41, 5.74) is 3.50. The smallest absolute Gasteiger partial charge is 0.124 e. The largest absolute Gasteiger partial charge is 0.271 e. The van der Waals surface area contributed by atoms with Crippen LogP contribution in [0.2, 0.25) is 5.02 Å². The lowest BCUT2D eigenvalue weighted by Gasteiger charge is -2.14. The third-order valence-corrected chi connectivity index (χ3v) is 3.49. The maximum absolute atomic E-state index is 12.9. The van der Waals surface area contributed by atoms with E-state index in [1.54, 1.807) is 12.3 Å². The molecular weight excluding hydrogens is 263 g/mol. The van der Waals surface area contributed by atoms with Gasteiger partial charge in [0.2, 0.25) is 0 Å². The van der Waals surface area contributed by atoms with E-state index in [0.717, 1.165) is 10.4 Å². The maximum Gasteiger partial charge on any atom is 0.124 e. The molecule has 1 heterocycles. The van der Waals surface area contributed by atoms with Crippen LogP contribution in [0.4, 0.5) is 4.39 Å². The lowest BCUT2D eigenvalue weighted by atomic mass is 10.1. The number of aromatic nitrogens is 2. The van der Waals surface area contributed by atoms with Gasteiger partial charge in [-0.1, -0.05) is 22.2 Å². The quantitative estimate of drug-likeness (QED) is 0.661. The van der Waals surface area contributed by atoms with E-state index in [9.17, 15) is 4.39 Å². The van der Waals surface area contributed by atoms with Crippen molar-refractivity contribution in [1.82, 2.24) is 15.0 Å². The number of rotatable bonds is 4. The number of hydrogen-bond donors (Lipinski definition) is 2. The van der Waals surface area contributed by atoms with Crippen molar-refractivity contribution in [2.45, 2.75) is 12.5 Å². The Kier molecular flexibility index (Phi) is 4.01. The molecule has 0 amide bonds. The van der Waals surface area contributed by atoms with Gasteiger partial charge in [-0.15, -0.1) is 5.10 Å². The van der Waals surface area contributed by atoms with Gasteiger partial charge < -0.3 is 0 Å². The van der Waals surface area contributed by atoms with Crippen LogP contribution < -0.4 is 11.3 Å². The number of hydrogen-bond acceptors (Lipinski definition) is 5. The molecule has 1 unspecified atom stereocenters. The number of halogens is 2. The summed E-state index contributed by atoms with van der Waals surface area (Å²) in [5.74, 6) is 5.12. The van der Waals surface area contributed by atoms with Gasteiger partial charge in [-0.2, -0.15) is 0 Å². The number of hydrazine groups is 1. The molecule has 0 bridgehead atoms. The summed E-state index contributed by atoms with van der Waals surface area (Å²) in [4.78, 5) is 0.910. The Morgan fingerprint density at radius 1 is 1.53 bits per heavy atom. The fourth-order valence-electron chi connectivity index (χ4n) is 1.48. The van der Waals surface area contributed by atoms with E-state index < -0.39 is 0 Å². The maximum atomic E-state index is 12.9. The van der Waals surface area contributed by atoms with Crippen molar-refractivity contribution < 1.29 is 4.39 Å². The lowest BCUT2D eigenvalue weighted by Crippen LogP contribution is -2.29. The van der Waals surface area contributed by atoms with Crippen LogP contribution in [-0.4, -0.2) is 9.59 Å². The van der Waals surface area contributed by atoms with Gasteiger partial charge in [0.1, 0.15) is 5.82 Å². The van der Waals surface area contributed by atoms with Gasteiger partial charge in [-0.25, -0.2) is 4.39 Å². The monoisotopic (exact) mass is 272 g/mol. The van der Waals surface area contributed by atoms with E-state index in [4.69, 9.17) is 17.4 Å². The summed E-state index contributed by atoms with van der Waals surface area (Å²) < 4.78 is 16.7. The van der Waals surface area contributed by atoms with Crippen LogP contribution in [0.3, 0.4) is 0 Å². The molecule has 0 aliphatic carbocycles. The fraction of sp³-hybridized carbons (Fsp3) is 0.200. The Labute approximate surface area is 107 Å². The van der Waals surface area contributed by atoms with Gasteiger partial charge in [0, 0.05) is 5.02 Å². The zero-order chi connectivity index (χ0) is 12.3. The zero-order valence-electron chi connectivity index (χ0n) is 8.73. The molecule has 0 radical (unpaired) electrons. The number of nitrogens with one attached hydrogen (secondary N) is 1. The summed E-state index contributed by atoms with van der Waals surface area (Å²) in [7, 11) is 0. The Morgan fingerprint density at radius 3 is 2.94 bits per heavy atom. The van der Waals surface area contributed by atoms with Crippen LogP contribution >= 0.6 is 23.1 Å². The molecule has 0 saturated heterocycles. The molecule has 0 fully saturated rings. The van der Waals surface area contributed by atoms with Crippen LogP contribution in [-0.2, 0) is 6.42 Å². The molecule has 2 aromatic rings. The van der Waals surface area contributed by atoms with Gasteiger partial charge in [0.15, 0.2) is 0 Å². The second-order valence-corrected chi connectivity index (χ2v) is 4.70. The predicted octanol–water partition coefficient (Wildman–Crippen LogP) is 2.08. The van der Waals surface area contributed by atoms with E-state index in [-0.39, 0.29) is 11.9 Å². The summed E-state index contributed by atoms with van der Waals surface area (Å²) >= 11 is 7.22. The molecular formula is C10H10ClFN4S. The van der Waals surface area contributed by atoms with Gasteiger partial charge in [-0.3, -0.25) is 11.3 Å². The normalized spacial score (nSPS) is 12.6. The Bertz CT molecular complexity index is 491. The number of nitrogens with two attached hydrogens (primary N) is 1. The molecule has 90 valence electrons. The predicted molar refractivity (Wildman–Crippen MR) is 65.1 cm³/mol. The first-order valence-electron chi connectivity index (χ1n) is 4.88. The highest BCUT2D eigenvalue weighted by Crippen LogP contribution is 2.24. The minimum absolute atomic E-state index is 0.127. The first-order valence-corrected chi connectivity index (χ1v) is 6.03. The first-order chi connectivity index (χ1) is 8.20. The van der Waals surface area contributed by atoms with Crippen LogP contribution in [0.5, 0.6) is 0 Å². The van der Waals surface area contributed by atoms with Crippen molar-refractivity contribution in [3.63, 3.8) is 0 Å². The highest BCUT2D eigenvalue weighted by Gasteiger charge is 2.15. The molecule has 3 N–H and O–H groups in total. The third kappa shape index (κ3) is 2.98. The molecule has 2 rings (SSSR count). The highest BCUT2D eigenvalue weighted by molar-refractivity contribution is 7.05. The standard InChI is InChI=1S/C10H10ClFN4S/c11-8-4-7(12)2-1-6(8)3-9(15-13)10-5-14-16-17-10/h1-2,4-5,9,15H,3,13H2. The molecule has 0 aliphatic rings. The van der Waals surface area contributed by atoms with Gasteiger partial charge in [0.25, 0.3) is 0 Å². The van der Waals surface area contributed by atoms with Crippen molar-refractivity contribution in [2.24, 2.45) is 5.84 Å². The van der Waals surface area contributed by atoms with Crippen LogP contribution in [0.1, 0.15) is 16.5 Å². The van der Waals surface area contributed by atoms with Gasteiger partial charge in [0.05, 0.1) is 17.1 Å². The first kappa shape index (κ1) is 12.4. The van der Waals surface area contributed by atoms with E-state index in [1.165, 1.54) is 23.7 Å². The summed E-state index contributed by atoms with van der Waals surface area (Å²) in [6.07, 6.45) is 2.20. The van der Waals surface area contributed by atoms with Crippen LogP contribution in [0, 0.1) is 5.82 Å². The fourth-order valence-corrected chi connectivity index (χ4v) is 2.28. The molecule has 7 heteroatoms. The van der Waals surface area contributed by atoms with Crippen molar-refractivity contribution in [2.75, 3.05) is 0 Å². The van der Waals surface area contributed by atoms with Crippen LogP contribution in [0.25, 0.3) is 0 Å². The number of nitrogens with zero attached hydrogens (tertiary/aromatic N) is 2. The minimum Gasteiger partial charge on any atom is -0.271 e. The number of benzene rings is 1.